The van der Waals surface area contributed by atoms with Gasteiger partial charge in [-0.25, -0.2) is 0 Å². The Morgan fingerprint density at radius 3 is 2.22 bits per heavy atom. The van der Waals surface area contributed by atoms with E-state index >= 15 is 0 Å². The van der Waals surface area contributed by atoms with Gasteiger partial charge in [0.15, 0.2) is 0 Å². The van der Waals surface area contributed by atoms with E-state index in [9.17, 15) is 19.2 Å². The second-order valence-electron chi connectivity index (χ2n) is 7.27. The SMILES string of the molecule is COc1cc(=O)n(C)cc1C(=O)N1CC(N2C(=O)C3CC=CCC3C2=O)C1. The number of fused-ring (bicyclic) bond motifs is 1. The van der Waals surface area contributed by atoms with Crippen LogP contribution in [0.4, 0.5) is 0 Å². The van der Waals surface area contributed by atoms with Crippen LogP contribution in [0.3, 0.4) is 0 Å². The minimum absolute atomic E-state index is 0.119. The van der Waals surface area contributed by atoms with Gasteiger partial charge < -0.3 is 14.2 Å². The molecule has 0 spiro atoms. The fourth-order valence-corrected chi connectivity index (χ4v) is 4.08. The van der Waals surface area contributed by atoms with Crippen molar-refractivity contribution in [3.63, 3.8) is 0 Å². The maximum Gasteiger partial charge on any atom is 0.259 e. The van der Waals surface area contributed by atoms with Crippen molar-refractivity contribution in [2.45, 2.75) is 18.9 Å². The first-order valence-electron chi connectivity index (χ1n) is 8.98. The van der Waals surface area contributed by atoms with Gasteiger partial charge in [-0.3, -0.25) is 24.1 Å². The van der Waals surface area contributed by atoms with Crippen LogP contribution in [0, 0.1) is 11.8 Å². The zero-order chi connectivity index (χ0) is 19.3. The second-order valence-corrected chi connectivity index (χ2v) is 7.27. The van der Waals surface area contributed by atoms with Crippen molar-refractivity contribution in [3.05, 3.63) is 40.3 Å². The van der Waals surface area contributed by atoms with Crippen molar-refractivity contribution in [1.82, 2.24) is 14.4 Å². The van der Waals surface area contributed by atoms with Crippen molar-refractivity contribution >= 4 is 17.7 Å². The lowest BCUT2D eigenvalue weighted by Crippen LogP contribution is -2.62. The highest BCUT2D eigenvalue weighted by Gasteiger charge is 2.52. The average molecular weight is 371 g/mol. The molecule has 0 N–H and O–H groups in total. The highest BCUT2D eigenvalue weighted by atomic mass is 16.5. The van der Waals surface area contributed by atoms with E-state index in [2.05, 4.69) is 0 Å². The van der Waals surface area contributed by atoms with Gasteiger partial charge in [-0.15, -0.1) is 0 Å². The first-order valence-corrected chi connectivity index (χ1v) is 8.98. The van der Waals surface area contributed by atoms with Crippen LogP contribution in [0.5, 0.6) is 5.75 Å². The van der Waals surface area contributed by atoms with Crippen LogP contribution in [0.1, 0.15) is 23.2 Å². The monoisotopic (exact) mass is 371 g/mol. The summed E-state index contributed by atoms with van der Waals surface area (Å²) in [6, 6.07) is 0.994. The maximum atomic E-state index is 12.8. The Balaban J connectivity index is 1.48. The molecule has 27 heavy (non-hydrogen) atoms. The molecular formula is C19H21N3O5. The Hall–Kier alpha value is -2.90. The summed E-state index contributed by atoms with van der Waals surface area (Å²) in [5.41, 5.74) is 0.0179. The second kappa shape index (κ2) is 6.37. The van der Waals surface area contributed by atoms with Crippen LogP contribution in [0.15, 0.2) is 29.2 Å². The van der Waals surface area contributed by atoms with E-state index in [0.29, 0.717) is 25.9 Å². The number of ether oxygens (including phenoxy) is 1. The molecule has 3 aliphatic rings. The Morgan fingerprint density at radius 2 is 1.67 bits per heavy atom. The van der Waals surface area contributed by atoms with Crippen molar-refractivity contribution in [2.24, 2.45) is 18.9 Å². The number of likely N-dealkylation sites (tertiary alicyclic amines) is 2. The van der Waals surface area contributed by atoms with E-state index < -0.39 is 0 Å². The lowest BCUT2D eigenvalue weighted by molar-refractivity contribution is -0.145. The number of hydrogen-bond donors (Lipinski definition) is 0. The van der Waals surface area contributed by atoms with E-state index in [1.807, 2.05) is 12.2 Å². The summed E-state index contributed by atoms with van der Waals surface area (Å²) < 4.78 is 6.48. The predicted octanol–water partition coefficient (Wildman–Crippen LogP) is 0.169. The summed E-state index contributed by atoms with van der Waals surface area (Å²) in [7, 11) is 2.97. The van der Waals surface area contributed by atoms with Crippen LogP contribution in [0.2, 0.25) is 0 Å². The number of aryl methyl sites for hydroxylation is 1. The van der Waals surface area contributed by atoms with Gasteiger partial charge in [-0.1, -0.05) is 12.2 Å². The Morgan fingerprint density at radius 1 is 1.07 bits per heavy atom. The molecule has 4 rings (SSSR count). The van der Waals surface area contributed by atoms with E-state index in [1.165, 1.54) is 28.8 Å². The number of nitrogens with zero attached hydrogens (tertiary/aromatic N) is 3. The van der Waals surface area contributed by atoms with Crippen molar-refractivity contribution in [2.75, 3.05) is 20.2 Å². The lowest BCUT2D eigenvalue weighted by Gasteiger charge is -2.43. The number of methoxy groups -OCH3 is 1. The molecule has 1 aliphatic carbocycles. The number of carbonyl (C=O) groups excluding carboxylic acids is 3. The summed E-state index contributed by atoms with van der Waals surface area (Å²) in [4.78, 5) is 52.7. The van der Waals surface area contributed by atoms with Gasteiger partial charge in [-0.2, -0.15) is 0 Å². The number of allylic oxidation sites excluding steroid dienone is 2. The number of carbonyl (C=O) groups is 3. The van der Waals surface area contributed by atoms with Gasteiger partial charge in [0.25, 0.3) is 11.5 Å². The van der Waals surface area contributed by atoms with Gasteiger partial charge in [0.05, 0.1) is 30.6 Å². The third-order valence-corrected chi connectivity index (χ3v) is 5.70. The molecule has 2 unspecified atom stereocenters. The molecule has 0 radical (unpaired) electrons. The molecule has 142 valence electrons. The van der Waals surface area contributed by atoms with E-state index in [-0.39, 0.29) is 52.5 Å². The topological polar surface area (TPSA) is 88.9 Å². The number of hydrogen-bond acceptors (Lipinski definition) is 5. The first kappa shape index (κ1) is 17.5. The first-order chi connectivity index (χ1) is 12.9. The number of pyridine rings is 1. The van der Waals surface area contributed by atoms with Gasteiger partial charge in [0.2, 0.25) is 11.8 Å². The van der Waals surface area contributed by atoms with E-state index in [1.54, 1.807) is 11.9 Å². The highest BCUT2D eigenvalue weighted by Crippen LogP contribution is 2.37. The van der Waals surface area contributed by atoms with Gasteiger partial charge in [-0.05, 0) is 12.8 Å². The molecule has 0 saturated carbocycles. The Kier molecular flexibility index (Phi) is 4.13. The van der Waals surface area contributed by atoms with Crippen LogP contribution in [0.25, 0.3) is 0 Å². The number of amides is 3. The van der Waals surface area contributed by atoms with Crippen LogP contribution >= 0.6 is 0 Å². The fourth-order valence-electron chi connectivity index (χ4n) is 4.08. The molecule has 2 fully saturated rings. The third-order valence-electron chi connectivity index (χ3n) is 5.70. The molecule has 1 aromatic rings. The number of rotatable bonds is 3. The van der Waals surface area contributed by atoms with Crippen molar-refractivity contribution < 1.29 is 19.1 Å². The van der Waals surface area contributed by atoms with Crippen molar-refractivity contribution in [1.29, 1.82) is 0 Å². The molecule has 0 bridgehead atoms. The standard InChI is InChI=1S/C19H21N3O5/c1-20-10-14(15(27-2)7-16(20)23)17(24)21-8-11(9-21)22-18(25)12-5-3-4-6-13(12)19(22)26/h3-4,7,10-13H,5-6,8-9H2,1-2H3. The van der Waals surface area contributed by atoms with Gasteiger partial charge in [0.1, 0.15) is 5.75 Å². The zero-order valence-electron chi connectivity index (χ0n) is 15.3. The normalized spacial score (nSPS) is 24.8. The summed E-state index contributed by atoms with van der Waals surface area (Å²) in [6.45, 7) is 0.602. The molecule has 8 heteroatoms. The molecule has 8 nitrogen and oxygen atoms in total. The quantitative estimate of drug-likeness (QED) is 0.558. The summed E-state index contributed by atoms with van der Waals surface area (Å²) in [5, 5.41) is 0. The molecular weight excluding hydrogens is 350 g/mol. The van der Waals surface area contributed by atoms with Crippen LogP contribution in [-0.4, -0.2) is 58.3 Å². The smallest absolute Gasteiger partial charge is 0.259 e. The molecule has 2 saturated heterocycles. The van der Waals surface area contributed by atoms with Crippen molar-refractivity contribution in [3.8, 4) is 5.75 Å². The maximum absolute atomic E-state index is 12.8. The average Bonchev–Trinajstić information content (AvgIpc) is 2.88. The molecule has 1 aromatic heterocycles. The minimum Gasteiger partial charge on any atom is -0.496 e. The number of imide groups is 1. The summed E-state index contributed by atoms with van der Waals surface area (Å²) in [5.74, 6) is -0.807. The molecule has 0 aromatic carbocycles. The largest absolute Gasteiger partial charge is 0.496 e. The predicted molar refractivity (Wildman–Crippen MR) is 95.1 cm³/mol. The summed E-state index contributed by atoms with van der Waals surface area (Å²) in [6.07, 6.45) is 6.58. The van der Waals surface area contributed by atoms with E-state index in [4.69, 9.17) is 4.74 Å². The Bertz CT molecular complexity index is 886. The van der Waals surface area contributed by atoms with Gasteiger partial charge >= 0.3 is 0 Å². The molecule has 2 atom stereocenters. The molecule has 3 amide bonds. The number of aromatic nitrogens is 1. The Labute approximate surface area is 156 Å². The van der Waals surface area contributed by atoms with Crippen LogP contribution < -0.4 is 10.3 Å². The lowest BCUT2D eigenvalue weighted by atomic mass is 9.85. The minimum atomic E-state index is -0.281. The molecule has 2 aliphatic heterocycles. The molecule has 3 heterocycles. The fraction of sp³-hybridized carbons (Fsp3) is 0.474. The van der Waals surface area contributed by atoms with E-state index in [0.717, 1.165) is 0 Å². The van der Waals surface area contributed by atoms with Crippen LogP contribution in [-0.2, 0) is 16.6 Å². The zero-order valence-corrected chi connectivity index (χ0v) is 15.3. The summed E-state index contributed by atoms with van der Waals surface area (Å²) >= 11 is 0. The van der Waals surface area contributed by atoms with Gasteiger partial charge in [0, 0.05) is 32.4 Å². The highest BCUT2D eigenvalue weighted by molar-refractivity contribution is 6.06. The third kappa shape index (κ3) is 2.67.